The van der Waals surface area contributed by atoms with Crippen LogP contribution >= 0.6 is 0 Å². The van der Waals surface area contributed by atoms with Crippen molar-refractivity contribution in [3.8, 4) is 0 Å². The van der Waals surface area contributed by atoms with Crippen molar-refractivity contribution in [1.82, 2.24) is 10.6 Å². The molecule has 2 N–H and O–H groups in total. The molecule has 1 aliphatic carbocycles. The van der Waals surface area contributed by atoms with Gasteiger partial charge < -0.3 is 10.6 Å². The minimum Gasteiger partial charge on any atom is -0.350 e. The summed E-state index contributed by atoms with van der Waals surface area (Å²) in [6.07, 6.45) is 3.53. The Morgan fingerprint density at radius 2 is 2.00 bits per heavy atom. The molecule has 2 fully saturated rings. The molecule has 0 aromatic heterocycles. The van der Waals surface area contributed by atoms with E-state index in [1.54, 1.807) is 0 Å². The standard InChI is InChI=1S/C10H18N2O/c1-10(2,7-3-4-7)12-9(13)8-5-6-11-8/h7-8,11H,3-6H2,1-2H3,(H,12,13). The Kier molecular flexibility index (Phi) is 2.06. The molecule has 0 spiro atoms. The molecule has 1 atom stereocenters. The highest BCUT2D eigenvalue weighted by atomic mass is 16.2. The summed E-state index contributed by atoms with van der Waals surface area (Å²) in [5.41, 5.74) is 0.00829. The van der Waals surface area contributed by atoms with Crippen molar-refractivity contribution >= 4 is 5.91 Å². The van der Waals surface area contributed by atoms with Gasteiger partial charge in [-0.05, 0) is 45.6 Å². The molecular formula is C10H18N2O. The van der Waals surface area contributed by atoms with Gasteiger partial charge in [-0.25, -0.2) is 0 Å². The second-order valence-electron chi connectivity index (χ2n) is 4.78. The van der Waals surface area contributed by atoms with Crippen LogP contribution in [0.2, 0.25) is 0 Å². The van der Waals surface area contributed by atoms with Gasteiger partial charge in [-0.2, -0.15) is 0 Å². The number of hydrogen-bond acceptors (Lipinski definition) is 2. The molecule has 1 saturated carbocycles. The van der Waals surface area contributed by atoms with Crippen LogP contribution in [-0.2, 0) is 4.79 Å². The third kappa shape index (κ3) is 1.85. The maximum Gasteiger partial charge on any atom is 0.237 e. The van der Waals surface area contributed by atoms with Crippen molar-refractivity contribution < 1.29 is 4.79 Å². The first-order valence-electron chi connectivity index (χ1n) is 5.15. The number of amides is 1. The van der Waals surface area contributed by atoms with Gasteiger partial charge in [0.25, 0.3) is 0 Å². The van der Waals surface area contributed by atoms with Gasteiger partial charge in [0.2, 0.25) is 5.91 Å². The highest BCUT2D eigenvalue weighted by molar-refractivity contribution is 5.83. The second-order valence-corrected chi connectivity index (χ2v) is 4.78. The summed E-state index contributed by atoms with van der Waals surface area (Å²) in [6, 6.07) is 0.0815. The van der Waals surface area contributed by atoms with E-state index in [9.17, 15) is 4.79 Å². The van der Waals surface area contributed by atoms with Crippen LogP contribution in [0.5, 0.6) is 0 Å². The first kappa shape index (κ1) is 9.00. The van der Waals surface area contributed by atoms with Crippen LogP contribution in [0, 0.1) is 5.92 Å². The molecule has 0 aromatic carbocycles. The fourth-order valence-electron chi connectivity index (χ4n) is 1.82. The lowest BCUT2D eigenvalue weighted by Crippen LogP contribution is -2.58. The zero-order valence-electron chi connectivity index (χ0n) is 8.39. The van der Waals surface area contributed by atoms with E-state index >= 15 is 0 Å². The van der Waals surface area contributed by atoms with Crippen LogP contribution in [-0.4, -0.2) is 24.0 Å². The Bertz CT molecular complexity index is 217. The topological polar surface area (TPSA) is 41.1 Å². The Labute approximate surface area is 79.3 Å². The summed E-state index contributed by atoms with van der Waals surface area (Å²) in [5, 5.41) is 6.23. The predicted octanol–water partition coefficient (Wildman–Crippen LogP) is 0.653. The molecule has 2 aliphatic rings. The van der Waals surface area contributed by atoms with Crippen LogP contribution in [0.15, 0.2) is 0 Å². The van der Waals surface area contributed by atoms with Gasteiger partial charge in [0.1, 0.15) is 0 Å². The van der Waals surface area contributed by atoms with E-state index < -0.39 is 0 Å². The zero-order chi connectivity index (χ0) is 9.47. The first-order valence-corrected chi connectivity index (χ1v) is 5.15. The van der Waals surface area contributed by atoms with Gasteiger partial charge in [-0.15, -0.1) is 0 Å². The maximum absolute atomic E-state index is 11.6. The Morgan fingerprint density at radius 1 is 1.38 bits per heavy atom. The van der Waals surface area contributed by atoms with Gasteiger partial charge >= 0.3 is 0 Å². The molecule has 1 heterocycles. The minimum absolute atomic E-state index is 0.00829. The average molecular weight is 182 g/mol. The van der Waals surface area contributed by atoms with Crippen LogP contribution < -0.4 is 10.6 Å². The minimum atomic E-state index is 0.00829. The number of nitrogens with one attached hydrogen (secondary N) is 2. The van der Waals surface area contributed by atoms with Gasteiger partial charge in [0.15, 0.2) is 0 Å². The van der Waals surface area contributed by atoms with Crippen LogP contribution in [0.25, 0.3) is 0 Å². The summed E-state index contributed by atoms with van der Waals surface area (Å²) in [7, 11) is 0. The van der Waals surface area contributed by atoms with E-state index in [0.717, 1.165) is 13.0 Å². The average Bonchev–Trinajstić information content (AvgIpc) is 2.58. The SMILES string of the molecule is CC(C)(NC(=O)C1CCN1)C1CC1. The van der Waals surface area contributed by atoms with Gasteiger partial charge in [-0.3, -0.25) is 4.79 Å². The third-order valence-corrected chi connectivity index (χ3v) is 3.18. The molecule has 1 aliphatic heterocycles. The molecule has 3 heteroatoms. The Balaban J connectivity index is 1.84. The molecule has 0 bridgehead atoms. The summed E-state index contributed by atoms with van der Waals surface area (Å²) in [4.78, 5) is 11.6. The summed E-state index contributed by atoms with van der Waals surface area (Å²) in [6.45, 7) is 5.24. The molecule has 0 aromatic rings. The van der Waals surface area contributed by atoms with E-state index in [4.69, 9.17) is 0 Å². The molecule has 0 radical (unpaired) electrons. The largest absolute Gasteiger partial charge is 0.350 e. The highest BCUT2D eigenvalue weighted by Gasteiger charge is 2.40. The molecule has 74 valence electrons. The highest BCUT2D eigenvalue weighted by Crippen LogP contribution is 2.39. The lowest BCUT2D eigenvalue weighted by molar-refractivity contribution is -0.126. The van der Waals surface area contributed by atoms with Crippen molar-refractivity contribution in [2.24, 2.45) is 5.92 Å². The van der Waals surface area contributed by atoms with E-state index in [1.165, 1.54) is 12.8 Å². The van der Waals surface area contributed by atoms with E-state index in [-0.39, 0.29) is 17.5 Å². The summed E-state index contributed by atoms with van der Waals surface area (Å²) < 4.78 is 0. The normalized spacial score (nSPS) is 28.0. The second kappa shape index (κ2) is 2.98. The smallest absolute Gasteiger partial charge is 0.237 e. The maximum atomic E-state index is 11.6. The molecule has 1 amide bonds. The van der Waals surface area contributed by atoms with Crippen molar-refractivity contribution in [3.63, 3.8) is 0 Å². The van der Waals surface area contributed by atoms with Crippen molar-refractivity contribution in [2.75, 3.05) is 6.54 Å². The first-order chi connectivity index (χ1) is 6.09. The van der Waals surface area contributed by atoms with Gasteiger partial charge in [0, 0.05) is 5.54 Å². The Hall–Kier alpha value is -0.570. The molecule has 2 rings (SSSR count). The zero-order valence-corrected chi connectivity index (χ0v) is 8.39. The number of carbonyl (C=O) groups is 1. The van der Waals surface area contributed by atoms with E-state index in [2.05, 4.69) is 24.5 Å². The summed E-state index contributed by atoms with van der Waals surface area (Å²) >= 11 is 0. The molecular weight excluding hydrogens is 164 g/mol. The molecule has 13 heavy (non-hydrogen) atoms. The third-order valence-electron chi connectivity index (χ3n) is 3.18. The quantitative estimate of drug-likeness (QED) is 0.673. The predicted molar refractivity (Wildman–Crippen MR) is 51.4 cm³/mol. The lowest BCUT2D eigenvalue weighted by atomic mass is 9.97. The fourth-order valence-corrected chi connectivity index (χ4v) is 1.82. The van der Waals surface area contributed by atoms with Gasteiger partial charge in [0.05, 0.1) is 6.04 Å². The lowest BCUT2D eigenvalue weighted by Gasteiger charge is -2.32. The Morgan fingerprint density at radius 3 is 2.38 bits per heavy atom. The van der Waals surface area contributed by atoms with Crippen LogP contribution in [0.3, 0.4) is 0 Å². The molecule has 1 saturated heterocycles. The molecule has 1 unspecified atom stereocenters. The number of carbonyl (C=O) groups excluding carboxylic acids is 1. The summed E-state index contributed by atoms with van der Waals surface area (Å²) in [5.74, 6) is 0.889. The van der Waals surface area contributed by atoms with Crippen molar-refractivity contribution in [1.29, 1.82) is 0 Å². The fraction of sp³-hybridized carbons (Fsp3) is 0.900. The molecule has 3 nitrogen and oxygen atoms in total. The van der Waals surface area contributed by atoms with Crippen molar-refractivity contribution in [3.05, 3.63) is 0 Å². The number of rotatable bonds is 3. The number of hydrogen-bond donors (Lipinski definition) is 2. The monoisotopic (exact) mass is 182 g/mol. The van der Waals surface area contributed by atoms with Crippen LogP contribution in [0.4, 0.5) is 0 Å². The van der Waals surface area contributed by atoms with Gasteiger partial charge in [-0.1, -0.05) is 0 Å². The van der Waals surface area contributed by atoms with E-state index in [1.807, 2.05) is 0 Å². The van der Waals surface area contributed by atoms with Crippen molar-refractivity contribution in [2.45, 2.75) is 44.7 Å². The van der Waals surface area contributed by atoms with E-state index in [0.29, 0.717) is 5.92 Å². The van der Waals surface area contributed by atoms with Crippen LogP contribution in [0.1, 0.15) is 33.1 Å².